The summed E-state index contributed by atoms with van der Waals surface area (Å²) >= 11 is 0. The molecular weight excluding hydrogens is 369 g/mol. The van der Waals surface area contributed by atoms with Crippen LogP contribution >= 0.6 is 0 Å². The summed E-state index contributed by atoms with van der Waals surface area (Å²) in [5, 5.41) is 3.26. The zero-order chi connectivity index (χ0) is 19.9. The van der Waals surface area contributed by atoms with Gasteiger partial charge in [-0.1, -0.05) is 0 Å². The molecule has 1 aromatic carbocycles. The Morgan fingerprint density at radius 1 is 0.929 bits per heavy atom. The maximum Gasteiger partial charge on any atom is 0.416 e. The molecule has 1 aromatic rings. The second-order valence-corrected chi connectivity index (χ2v) is 8.35. The number of likely N-dealkylation sites (tertiary alicyclic amines) is 1. The van der Waals surface area contributed by atoms with Crippen LogP contribution in [0.25, 0.3) is 0 Å². The molecule has 0 bridgehead atoms. The lowest BCUT2D eigenvalue weighted by molar-refractivity contribution is -0.137. The van der Waals surface area contributed by atoms with Gasteiger partial charge in [-0.3, -0.25) is 9.59 Å². The molecule has 1 aliphatic heterocycles. The highest BCUT2D eigenvalue weighted by Gasteiger charge is 2.43. The number of piperidine rings is 1. The van der Waals surface area contributed by atoms with Crippen LogP contribution in [-0.2, 0) is 11.0 Å². The molecule has 1 heterocycles. The van der Waals surface area contributed by atoms with Gasteiger partial charge in [0.2, 0.25) is 5.91 Å². The van der Waals surface area contributed by atoms with Crippen molar-refractivity contribution in [1.82, 2.24) is 10.2 Å². The van der Waals surface area contributed by atoms with Crippen molar-refractivity contribution in [2.45, 2.75) is 50.7 Å². The van der Waals surface area contributed by atoms with E-state index in [1.165, 1.54) is 37.8 Å². The molecule has 4 rings (SSSR count). The third kappa shape index (κ3) is 4.33. The molecule has 7 heteroatoms. The molecule has 0 aromatic heterocycles. The largest absolute Gasteiger partial charge is 0.416 e. The average molecular weight is 394 g/mol. The van der Waals surface area contributed by atoms with Crippen molar-refractivity contribution in [2.24, 2.45) is 17.8 Å². The molecule has 3 fully saturated rings. The SMILES string of the molecule is O=C(NC(C1CC1)C1CC1)C1CCN(C(=O)c2ccc(C(F)(F)F)cc2)CC1. The first-order valence-corrected chi connectivity index (χ1v) is 10.1. The van der Waals surface area contributed by atoms with Crippen molar-refractivity contribution in [1.29, 1.82) is 0 Å². The highest BCUT2D eigenvalue weighted by Crippen LogP contribution is 2.44. The topological polar surface area (TPSA) is 49.4 Å². The van der Waals surface area contributed by atoms with Gasteiger partial charge in [0, 0.05) is 30.6 Å². The van der Waals surface area contributed by atoms with E-state index < -0.39 is 11.7 Å². The van der Waals surface area contributed by atoms with Crippen LogP contribution in [0.2, 0.25) is 0 Å². The van der Waals surface area contributed by atoms with Gasteiger partial charge in [0.05, 0.1) is 5.56 Å². The Balaban J connectivity index is 1.29. The van der Waals surface area contributed by atoms with E-state index in [4.69, 9.17) is 0 Å². The van der Waals surface area contributed by atoms with E-state index >= 15 is 0 Å². The van der Waals surface area contributed by atoms with E-state index in [-0.39, 0.29) is 23.3 Å². The third-order valence-corrected chi connectivity index (χ3v) is 6.18. The van der Waals surface area contributed by atoms with Crippen LogP contribution in [0, 0.1) is 17.8 Å². The van der Waals surface area contributed by atoms with Gasteiger partial charge < -0.3 is 10.2 Å². The Hall–Kier alpha value is -2.05. The Labute approximate surface area is 162 Å². The van der Waals surface area contributed by atoms with E-state index in [0.29, 0.717) is 43.8 Å². The molecule has 4 nitrogen and oxygen atoms in total. The number of alkyl halides is 3. The Bertz CT molecular complexity index is 719. The summed E-state index contributed by atoms with van der Waals surface area (Å²) in [6.45, 7) is 0.908. The van der Waals surface area contributed by atoms with Crippen molar-refractivity contribution in [3.8, 4) is 0 Å². The highest BCUT2D eigenvalue weighted by atomic mass is 19.4. The summed E-state index contributed by atoms with van der Waals surface area (Å²) in [6, 6.07) is 4.64. The van der Waals surface area contributed by atoms with Gasteiger partial charge >= 0.3 is 6.18 Å². The van der Waals surface area contributed by atoms with Crippen LogP contribution in [-0.4, -0.2) is 35.8 Å². The quantitative estimate of drug-likeness (QED) is 0.825. The minimum Gasteiger partial charge on any atom is -0.353 e. The first kappa shape index (κ1) is 19.3. The molecule has 0 spiro atoms. The van der Waals surface area contributed by atoms with E-state index in [0.717, 1.165) is 12.1 Å². The highest BCUT2D eigenvalue weighted by molar-refractivity contribution is 5.94. The molecule has 28 heavy (non-hydrogen) atoms. The summed E-state index contributed by atoms with van der Waals surface area (Å²) in [7, 11) is 0. The van der Waals surface area contributed by atoms with Gasteiger partial charge in [-0.15, -0.1) is 0 Å². The summed E-state index contributed by atoms with van der Waals surface area (Å²) in [5.41, 5.74) is -0.515. The fourth-order valence-electron chi connectivity index (χ4n) is 4.14. The monoisotopic (exact) mass is 394 g/mol. The fourth-order valence-corrected chi connectivity index (χ4v) is 4.14. The number of carbonyl (C=O) groups is 2. The predicted octanol–water partition coefficient (Wildman–Crippen LogP) is 3.86. The van der Waals surface area contributed by atoms with Crippen LogP contribution < -0.4 is 5.32 Å². The van der Waals surface area contributed by atoms with E-state index in [1.807, 2.05) is 0 Å². The number of hydrogen-bond donors (Lipinski definition) is 1. The molecule has 0 unspecified atom stereocenters. The predicted molar refractivity (Wildman–Crippen MR) is 97.5 cm³/mol. The van der Waals surface area contributed by atoms with Gasteiger partial charge in [-0.05, 0) is 74.6 Å². The van der Waals surface area contributed by atoms with Crippen molar-refractivity contribution in [3.05, 3.63) is 35.4 Å². The molecule has 0 atom stereocenters. The second-order valence-electron chi connectivity index (χ2n) is 8.35. The standard InChI is InChI=1S/C21H25F3N2O2/c22-21(23,24)17-7-5-16(6-8-17)20(28)26-11-9-15(10-12-26)19(27)25-18(13-1-2-13)14-3-4-14/h5-8,13-15,18H,1-4,9-12H2,(H,25,27). The number of nitrogens with one attached hydrogen (secondary N) is 1. The average Bonchev–Trinajstić information content (AvgIpc) is 3.58. The molecular formula is C21H25F3N2O2. The lowest BCUT2D eigenvalue weighted by Crippen LogP contribution is -2.46. The van der Waals surface area contributed by atoms with Crippen LogP contribution in [0.4, 0.5) is 13.2 Å². The Morgan fingerprint density at radius 3 is 1.93 bits per heavy atom. The van der Waals surface area contributed by atoms with Crippen LogP contribution in [0.3, 0.4) is 0 Å². The van der Waals surface area contributed by atoms with Gasteiger partial charge in [0.15, 0.2) is 0 Å². The summed E-state index contributed by atoms with van der Waals surface area (Å²) in [4.78, 5) is 26.8. The van der Waals surface area contributed by atoms with Crippen molar-refractivity contribution in [2.75, 3.05) is 13.1 Å². The smallest absolute Gasteiger partial charge is 0.353 e. The zero-order valence-corrected chi connectivity index (χ0v) is 15.7. The summed E-state index contributed by atoms with van der Waals surface area (Å²) < 4.78 is 38.0. The Morgan fingerprint density at radius 2 is 1.46 bits per heavy atom. The van der Waals surface area contributed by atoms with Crippen molar-refractivity contribution in [3.63, 3.8) is 0 Å². The number of hydrogen-bond acceptors (Lipinski definition) is 2. The lowest BCUT2D eigenvalue weighted by atomic mass is 9.94. The molecule has 2 saturated carbocycles. The summed E-state index contributed by atoms with van der Waals surface area (Å²) in [5.74, 6) is 1.04. The number of nitrogens with zero attached hydrogens (tertiary/aromatic N) is 1. The molecule has 1 saturated heterocycles. The van der Waals surface area contributed by atoms with E-state index in [9.17, 15) is 22.8 Å². The van der Waals surface area contributed by atoms with Gasteiger partial charge in [0.25, 0.3) is 5.91 Å². The molecule has 2 aliphatic carbocycles. The van der Waals surface area contributed by atoms with E-state index in [1.54, 1.807) is 4.90 Å². The normalized spacial score (nSPS) is 21.1. The van der Waals surface area contributed by atoms with Crippen LogP contribution in [0.15, 0.2) is 24.3 Å². The Kier molecular flexibility index (Phi) is 5.10. The first-order valence-electron chi connectivity index (χ1n) is 10.1. The minimum atomic E-state index is -4.41. The lowest BCUT2D eigenvalue weighted by Gasteiger charge is -2.32. The van der Waals surface area contributed by atoms with Crippen molar-refractivity contribution >= 4 is 11.8 Å². The van der Waals surface area contributed by atoms with E-state index in [2.05, 4.69) is 5.32 Å². The summed E-state index contributed by atoms with van der Waals surface area (Å²) in [6.07, 6.45) is 1.62. The van der Waals surface area contributed by atoms with Gasteiger partial charge in [-0.25, -0.2) is 0 Å². The number of benzene rings is 1. The minimum absolute atomic E-state index is 0.0864. The fraction of sp³-hybridized carbons (Fsp3) is 0.619. The molecule has 1 N–H and O–H groups in total. The molecule has 3 aliphatic rings. The molecule has 152 valence electrons. The number of carbonyl (C=O) groups excluding carboxylic acids is 2. The molecule has 0 radical (unpaired) electrons. The van der Waals surface area contributed by atoms with Crippen LogP contribution in [0.5, 0.6) is 0 Å². The van der Waals surface area contributed by atoms with Gasteiger partial charge in [-0.2, -0.15) is 13.2 Å². The maximum absolute atomic E-state index is 12.7. The maximum atomic E-state index is 12.7. The van der Waals surface area contributed by atoms with Gasteiger partial charge in [0.1, 0.15) is 0 Å². The first-order chi connectivity index (χ1) is 13.3. The zero-order valence-electron chi connectivity index (χ0n) is 15.7. The van der Waals surface area contributed by atoms with Crippen molar-refractivity contribution < 1.29 is 22.8 Å². The molecule has 2 amide bonds. The number of rotatable bonds is 5. The van der Waals surface area contributed by atoms with Crippen LogP contribution in [0.1, 0.15) is 54.4 Å². The number of amides is 2. The number of halogens is 3. The third-order valence-electron chi connectivity index (χ3n) is 6.18. The second kappa shape index (κ2) is 7.41.